The van der Waals surface area contributed by atoms with Crippen molar-refractivity contribution in [1.29, 1.82) is 0 Å². The standard InChI is InChI=1S/C15H15FN2S/c1-10-6-8-11(9-7-10)18(2)13-5-3-4-12(16)14(13)15(17)19/h3-9H,1-2H3,(H2,17,19). The Balaban J connectivity index is 2.49. The topological polar surface area (TPSA) is 29.3 Å². The van der Waals surface area contributed by atoms with Crippen molar-refractivity contribution in [3.05, 3.63) is 59.4 Å². The van der Waals surface area contributed by atoms with E-state index in [0.717, 1.165) is 5.69 Å². The molecule has 0 saturated heterocycles. The van der Waals surface area contributed by atoms with Crippen LogP contribution in [0.1, 0.15) is 11.1 Å². The lowest BCUT2D eigenvalue weighted by Gasteiger charge is -2.22. The number of benzene rings is 2. The fraction of sp³-hybridized carbons (Fsp3) is 0.133. The molecule has 0 heterocycles. The lowest BCUT2D eigenvalue weighted by atomic mass is 10.1. The van der Waals surface area contributed by atoms with Gasteiger partial charge < -0.3 is 10.6 Å². The molecule has 0 aromatic heterocycles. The molecule has 0 bridgehead atoms. The van der Waals surface area contributed by atoms with Crippen LogP contribution in [-0.2, 0) is 0 Å². The van der Waals surface area contributed by atoms with Crippen molar-refractivity contribution < 1.29 is 4.39 Å². The third kappa shape index (κ3) is 2.74. The molecule has 19 heavy (non-hydrogen) atoms. The minimum absolute atomic E-state index is 0.0621. The summed E-state index contributed by atoms with van der Waals surface area (Å²) in [6.07, 6.45) is 0. The van der Waals surface area contributed by atoms with Crippen molar-refractivity contribution in [2.24, 2.45) is 5.73 Å². The van der Waals surface area contributed by atoms with E-state index in [4.69, 9.17) is 18.0 Å². The molecule has 0 atom stereocenters. The Morgan fingerprint density at radius 1 is 1.16 bits per heavy atom. The number of halogens is 1. The minimum Gasteiger partial charge on any atom is -0.389 e. The van der Waals surface area contributed by atoms with Crippen LogP contribution in [0.25, 0.3) is 0 Å². The monoisotopic (exact) mass is 274 g/mol. The van der Waals surface area contributed by atoms with Crippen LogP contribution in [0.3, 0.4) is 0 Å². The van der Waals surface area contributed by atoms with Gasteiger partial charge in [-0.2, -0.15) is 0 Å². The lowest BCUT2D eigenvalue weighted by molar-refractivity contribution is 0.625. The Morgan fingerprint density at radius 2 is 1.79 bits per heavy atom. The molecular weight excluding hydrogens is 259 g/mol. The highest BCUT2D eigenvalue weighted by atomic mass is 32.1. The predicted octanol–water partition coefficient (Wildman–Crippen LogP) is 3.54. The van der Waals surface area contributed by atoms with E-state index in [9.17, 15) is 4.39 Å². The largest absolute Gasteiger partial charge is 0.389 e. The molecule has 0 radical (unpaired) electrons. The smallest absolute Gasteiger partial charge is 0.135 e. The zero-order valence-electron chi connectivity index (χ0n) is 10.9. The van der Waals surface area contributed by atoms with E-state index in [0.29, 0.717) is 5.69 Å². The van der Waals surface area contributed by atoms with E-state index in [1.54, 1.807) is 12.1 Å². The number of rotatable bonds is 3. The second-order valence-electron chi connectivity index (χ2n) is 4.39. The summed E-state index contributed by atoms with van der Waals surface area (Å²) in [5.41, 5.74) is 8.69. The maximum absolute atomic E-state index is 13.8. The summed E-state index contributed by atoms with van der Waals surface area (Å²) >= 11 is 4.94. The third-order valence-corrected chi connectivity index (χ3v) is 3.22. The lowest BCUT2D eigenvalue weighted by Crippen LogP contribution is -2.19. The summed E-state index contributed by atoms with van der Waals surface area (Å²) in [4.78, 5) is 1.93. The first-order valence-corrected chi connectivity index (χ1v) is 6.30. The van der Waals surface area contributed by atoms with E-state index < -0.39 is 5.82 Å². The molecule has 0 unspecified atom stereocenters. The van der Waals surface area contributed by atoms with Crippen LogP contribution >= 0.6 is 12.2 Å². The molecule has 0 aliphatic carbocycles. The Morgan fingerprint density at radius 3 is 2.37 bits per heavy atom. The number of thiocarbonyl (C=S) groups is 1. The van der Waals surface area contributed by atoms with Gasteiger partial charge in [0.05, 0.1) is 11.3 Å². The van der Waals surface area contributed by atoms with Gasteiger partial charge in [0.2, 0.25) is 0 Å². The number of hydrogen-bond acceptors (Lipinski definition) is 2. The fourth-order valence-corrected chi connectivity index (χ4v) is 2.15. The first-order valence-electron chi connectivity index (χ1n) is 5.89. The average molecular weight is 274 g/mol. The Hall–Kier alpha value is -1.94. The molecule has 2 N–H and O–H groups in total. The highest BCUT2D eigenvalue weighted by Crippen LogP contribution is 2.28. The van der Waals surface area contributed by atoms with Crippen LogP contribution in [0.2, 0.25) is 0 Å². The number of nitrogens with two attached hydrogens (primary N) is 1. The predicted molar refractivity (Wildman–Crippen MR) is 81.5 cm³/mol. The average Bonchev–Trinajstić information content (AvgIpc) is 2.38. The highest BCUT2D eigenvalue weighted by molar-refractivity contribution is 7.80. The van der Waals surface area contributed by atoms with Gasteiger partial charge in [-0.1, -0.05) is 36.0 Å². The molecule has 0 fully saturated rings. The molecule has 0 aliphatic rings. The summed E-state index contributed by atoms with van der Waals surface area (Å²) in [5.74, 6) is -0.399. The van der Waals surface area contributed by atoms with Gasteiger partial charge in [0.15, 0.2) is 0 Å². The summed E-state index contributed by atoms with van der Waals surface area (Å²) < 4.78 is 13.8. The SMILES string of the molecule is Cc1ccc(N(C)c2cccc(F)c2C(N)=S)cc1. The molecule has 2 nitrogen and oxygen atoms in total. The second-order valence-corrected chi connectivity index (χ2v) is 4.83. The van der Waals surface area contributed by atoms with Gasteiger partial charge in [0.25, 0.3) is 0 Å². The molecule has 0 saturated carbocycles. The zero-order chi connectivity index (χ0) is 14.0. The second kappa shape index (κ2) is 5.36. The summed E-state index contributed by atoms with van der Waals surface area (Å²) in [6.45, 7) is 2.02. The van der Waals surface area contributed by atoms with Crippen molar-refractivity contribution >= 4 is 28.6 Å². The molecule has 4 heteroatoms. The van der Waals surface area contributed by atoms with Crippen LogP contribution in [0.4, 0.5) is 15.8 Å². The van der Waals surface area contributed by atoms with Crippen LogP contribution in [0.15, 0.2) is 42.5 Å². The molecule has 98 valence electrons. The normalized spacial score (nSPS) is 10.3. The van der Waals surface area contributed by atoms with Gasteiger partial charge in [-0.25, -0.2) is 4.39 Å². The molecule has 0 aliphatic heterocycles. The van der Waals surface area contributed by atoms with Crippen LogP contribution in [0.5, 0.6) is 0 Å². The van der Waals surface area contributed by atoms with Crippen LogP contribution < -0.4 is 10.6 Å². The maximum Gasteiger partial charge on any atom is 0.135 e. The zero-order valence-corrected chi connectivity index (χ0v) is 11.7. The summed E-state index contributed by atoms with van der Waals surface area (Å²) in [6, 6.07) is 12.8. The Bertz CT molecular complexity index is 608. The summed E-state index contributed by atoms with van der Waals surface area (Å²) in [7, 11) is 1.86. The molecule has 0 amide bonds. The van der Waals surface area contributed by atoms with Gasteiger partial charge in [0.1, 0.15) is 10.8 Å². The molecular formula is C15H15FN2S. The number of nitrogens with zero attached hydrogens (tertiary/aromatic N) is 1. The fourth-order valence-electron chi connectivity index (χ4n) is 1.94. The Kier molecular flexibility index (Phi) is 3.81. The van der Waals surface area contributed by atoms with Gasteiger partial charge in [-0.3, -0.25) is 0 Å². The minimum atomic E-state index is -0.399. The first-order chi connectivity index (χ1) is 9.00. The van der Waals surface area contributed by atoms with Crippen molar-refractivity contribution in [1.82, 2.24) is 0 Å². The van der Waals surface area contributed by atoms with E-state index >= 15 is 0 Å². The molecule has 2 aromatic carbocycles. The van der Waals surface area contributed by atoms with E-state index in [2.05, 4.69) is 0 Å². The van der Waals surface area contributed by atoms with Crippen LogP contribution in [0, 0.1) is 12.7 Å². The summed E-state index contributed by atoms with van der Waals surface area (Å²) in [5, 5.41) is 0. The number of hydrogen-bond donors (Lipinski definition) is 1. The van der Waals surface area contributed by atoms with Gasteiger partial charge >= 0.3 is 0 Å². The Labute approximate surface area is 117 Å². The molecule has 2 aromatic rings. The van der Waals surface area contributed by atoms with Crippen molar-refractivity contribution in [2.45, 2.75) is 6.92 Å². The van der Waals surface area contributed by atoms with E-state index in [1.165, 1.54) is 11.6 Å². The maximum atomic E-state index is 13.8. The number of anilines is 2. The molecule has 0 spiro atoms. The van der Waals surface area contributed by atoms with Gasteiger partial charge in [0, 0.05) is 12.7 Å². The first kappa shape index (κ1) is 13.5. The highest BCUT2D eigenvalue weighted by Gasteiger charge is 2.15. The van der Waals surface area contributed by atoms with Crippen LogP contribution in [-0.4, -0.2) is 12.0 Å². The van der Waals surface area contributed by atoms with Crippen molar-refractivity contribution in [3.8, 4) is 0 Å². The van der Waals surface area contributed by atoms with E-state index in [-0.39, 0.29) is 10.6 Å². The van der Waals surface area contributed by atoms with Gasteiger partial charge in [-0.15, -0.1) is 0 Å². The van der Waals surface area contributed by atoms with Crippen molar-refractivity contribution in [3.63, 3.8) is 0 Å². The van der Waals surface area contributed by atoms with E-state index in [1.807, 2.05) is 43.1 Å². The molecule has 2 rings (SSSR count). The quantitative estimate of drug-likeness (QED) is 0.868. The van der Waals surface area contributed by atoms with Crippen molar-refractivity contribution in [2.75, 3.05) is 11.9 Å². The van der Waals surface area contributed by atoms with Gasteiger partial charge in [-0.05, 0) is 31.2 Å². The number of aryl methyl sites for hydroxylation is 1. The third-order valence-electron chi connectivity index (χ3n) is 3.02.